The predicted octanol–water partition coefficient (Wildman–Crippen LogP) is 3.30. The van der Waals surface area contributed by atoms with Gasteiger partial charge in [-0.1, -0.05) is 48.5 Å². The first-order valence-corrected chi connectivity index (χ1v) is 12.4. The van der Waals surface area contributed by atoms with Crippen molar-refractivity contribution in [1.29, 1.82) is 0 Å². The lowest BCUT2D eigenvalue weighted by atomic mass is 9.98. The van der Waals surface area contributed by atoms with Crippen LogP contribution in [0.5, 0.6) is 0 Å². The van der Waals surface area contributed by atoms with E-state index in [9.17, 15) is 24.6 Å². The topological polar surface area (TPSA) is 131 Å². The van der Waals surface area contributed by atoms with Crippen LogP contribution in [0.2, 0.25) is 0 Å². The minimum absolute atomic E-state index is 0.00496. The number of aliphatic hydroxyl groups is 2. The van der Waals surface area contributed by atoms with Gasteiger partial charge in [-0.3, -0.25) is 4.79 Å². The zero-order valence-electron chi connectivity index (χ0n) is 21.6. The Morgan fingerprint density at radius 3 is 2.05 bits per heavy atom. The van der Waals surface area contributed by atoms with Crippen LogP contribution in [0.4, 0.5) is 4.79 Å². The van der Waals surface area contributed by atoms with Crippen molar-refractivity contribution in [3.8, 4) is 11.1 Å². The monoisotopic (exact) mass is 513 g/mol. The fraction of sp³-hybridized carbons (Fsp3) is 0.464. The number of rotatable bonds is 10. The SMILES string of the molecule is CCOC(=O)C(O)C(O)[C@H](CCC(=O)OC(C)(C)C)NC(=O)OCC1c2ccccc2-c2ccccc21. The molecule has 2 unspecified atom stereocenters. The highest BCUT2D eigenvalue weighted by atomic mass is 16.6. The Morgan fingerprint density at radius 2 is 1.51 bits per heavy atom. The second-order valence-electron chi connectivity index (χ2n) is 9.89. The van der Waals surface area contributed by atoms with Gasteiger partial charge in [0.2, 0.25) is 0 Å². The summed E-state index contributed by atoms with van der Waals surface area (Å²) in [7, 11) is 0. The number of alkyl carbamates (subject to hydrolysis) is 1. The maximum Gasteiger partial charge on any atom is 0.407 e. The number of carbonyl (C=O) groups is 3. The van der Waals surface area contributed by atoms with Crippen LogP contribution in [0.25, 0.3) is 11.1 Å². The Bertz CT molecular complexity index is 1060. The summed E-state index contributed by atoms with van der Waals surface area (Å²) in [6, 6.07) is 14.6. The highest BCUT2D eigenvalue weighted by Gasteiger charge is 2.35. The Balaban J connectivity index is 1.68. The van der Waals surface area contributed by atoms with Crippen molar-refractivity contribution < 1.29 is 38.8 Å². The molecule has 2 aromatic carbocycles. The van der Waals surface area contributed by atoms with E-state index in [1.807, 2.05) is 48.5 Å². The molecule has 1 amide bonds. The molecule has 1 aliphatic rings. The molecule has 37 heavy (non-hydrogen) atoms. The van der Waals surface area contributed by atoms with Gasteiger partial charge in [0.05, 0.1) is 12.6 Å². The predicted molar refractivity (Wildman–Crippen MR) is 136 cm³/mol. The van der Waals surface area contributed by atoms with Crippen molar-refractivity contribution in [3.63, 3.8) is 0 Å². The number of aliphatic hydroxyl groups excluding tert-OH is 2. The van der Waals surface area contributed by atoms with E-state index in [0.29, 0.717) is 0 Å². The Kier molecular flexibility index (Phi) is 9.29. The van der Waals surface area contributed by atoms with Crippen LogP contribution in [0.15, 0.2) is 48.5 Å². The second kappa shape index (κ2) is 12.2. The zero-order valence-corrected chi connectivity index (χ0v) is 21.6. The number of benzene rings is 2. The number of carbonyl (C=O) groups excluding carboxylic acids is 3. The molecule has 3 atom stereocenters. The average molecular weight is 514 g/mol. The van der Waals surface area contributed by atoms with Crippen LogP contribution in [0.1, 0.15) is 57.6 Å². The van der Waals surface area contributed by atoms with Crippen LogP contribution in [0, 0.1) is 0 Å². The maximum atomic E-state index is 12.8. The average Bonchev–Trinajstić information content (AvgIpc) is 3.17. The van der Waals surface area contributed by atoms with Gasteiger partial charge in [0.15, 0.2) is 6.10 Å². The number of hydrogen-bond donors (Lipinski definition) is 3. The van der Waals surface area contributed by atoms with Gasteiger partial charge in [0, 0.05) is 12.3 Å². The van der Waals surface area contributed by atoms with Gasteiger partial charge in [-0.2, -0.15) is 0 Å². The Hall–Kier alpha value is -3.43. The van der Waals surface area contributed by atoms with E-state index in [1.165, 1.54) is 0 Å². The maximum absolute atomic E-state index is 12.8. The molecule has 0 heterocycles. The van der Waals surface area contributed by atoms with Gasteiger partial charge in [-0.15, -0.1) is 0 Å². The third-order valence-electron chi connectivity index (χ3n) is 5.99. The molecular formula is C28H35NO8. The summed E-state index contributed by atoms with van der Waals surface area (Å²) < 4.78 is 15.6. The third kappa shape index (κ3) is 7.30. The minimum atomic E-state index is -1.92. The van der Waals surface area contributed by atoms with E-state index in [0.717, 1.165) is 22.3 Å². The minimum Gasteiger partial charge on any atom is -0.464 e. The van der Waals surface area contributed by atoms with E-state index >= 15 is 0 Å². The molecule has 0 saturated heterocycles. The van der Waals surface area contributed by atoms with Gasteiger partial charge in [-0.05, 0) is 56.4 Å². The first-order valence-electron chi connectivity index (χ1n) is 12.4. The quantitative estimate of drug-likeness (QED) is 0.326. The van der Waals surface area contributed by atoms with Gasteiger partial charge >= 0.3 is 18.0 Å². The van der Waals surface area contributed by atoms with Crippen molar-refractivity contribution in [2.24, 2.45) is 0 Å². The molecule has 1 aliphatic carbocycles. The molecule has 0 saturated carbocycles. The Morgan fingerprint density at radius 1 is 0.946 bits per heavy atom. The lowest BCUT2D eigenvalue weighted by Gasteiger charge is -2.27. The van der Waals surface area contributed by atoms with Crippen LogP contribution >= 0.6 is 0 Å². The highest BCUT2D eigenvalue weighted by molar-refractivity contribution is 5.79. The number of ether oxygens (including phenoxy) is 3. The molecule has 0 spiro atoms. The molecule has 9 heteroatoms. The molecule has 3 rings (SSSR count). The van der Waals surface area contributed by atoms with Crippen LogP contribution in [-0.4, -0.2) is 65.3 Å². The number of esters is 2. The molecule has 0 aliphatic heterocycles. The second-order valence-corrected chi connectivity index (χ2v) is 9.89. The summed E-state index contributed by atoms with van der Waals surface area (Å²) >= 11 is 0. The molecular weight excluding hydrogens is 478 g/mol. The van der Waals surface area contributed by atoms with E-state index in [4.69, 9.17) is 14.2 Å². The summed E-state index contributed by atoms with van der Waals surface area (Å²) in [4.78, 5) is 36.9. The normalized spacial score (nSPS) is 15.1. The molecule has 0 aromatic heterocycles. The molecule has 3 N–H and O–H groups in total. The number of fused-ring (bicyclic) bond motifs is 3. The van der Waals surface area contributed by atoms with Crippen molar-refractivity contribution in [2.45, 2.75) is 70.3 Å². The summed E-state index contributed by atoms with van der Waals surface area (Å²) in [5.41, 5.74) is 3.52. The summed E-state index contributed by atoms with van der Waals surface area (Å²) in [5.74, 6) is -1.76. The summed E-state index contributed by atoms with van der Waals surface area (Å²) in [6.45, 7) is 6.76. The zero-order chi connectivity index (χ0) is 27.2. The largest absolute Gasteiger partial charge is 0.464 e. The molecule has 9 nitrogen and oxygen atoms in total. The van der Waals surface area contributed by atoms with Crippen molar-refractivity contribution >= 4 is 18.0 Å². The van der Waals surface area contributed by atoms with Crippen LogP contribution < -0.4 is 5.32 Å². The van der Waals surface area contributed by atoms with E-state index in [-0.39, 0.29) is 32.0 Å². The first kappa shape index (κ1) is 28.1. The smallest absolute Gasteiger partial charge is 0.407 e. The summed E-state index contributed by atoms with van der Waals surface area (Å²) in [5, 5.41) is 23.4. The molecule has 0 radical (unpaired) electrons. The molecule has 0 bridgehead atoms. The fourth-order valence-corrected chi connectivity index (χ4v) is 4.37. The van der Waals surface area contributed by atoms with Crippen LogP contribution in [-0.2, 0) is 23.8 Å². The lowest BCUT2D eigenvalue weighted by molar-refractivity contribution is -0.160. The van der Waals surface area contributed by atoms with Crippen LogP contribution in [0.3, 0.4) is 0 Å². The number of amides is 1. The Labute approximate surface area is 216 Å². The van der Waals surface area contributed by atoms with E-state index in [2.05, 4.69) is 5.32 Å². The fourth-order valence-electron chi connectivity index (χ4n) is 4.37. The molecule has 200 valence electrons. The van der Waals surface area contributed by atoms with Crippen molar-refractivity contribution in [3.05, 3.63) is 59.7 Å². The van der Waals surface area contributed by atoms with Gasteiger partial charge < -0.3 is 29.7 Å². The highest BCUT2D eigenvalue weighted by Crippen LogP contribution is 2.44. The number of hydrogen-bond acceptors (Lipinski definition) is 8. The standard InChI is InChI=1S/C28H35NO8/c1-5-35-26(33)25(32)24(31)22(14-15-23(30)37-28(2,3)4)29-27(34)36-16-21-19-12-8-6-10-17(19)18-11-7-9-13-20(18)21/h6-13,21-22,24-25,31-32H,5,14-16H2,1-4H3,(H,29,34)/t22-,24?,25?/m0/s1. The first-order chi connectivity index (χ1) is 17.5. The molecule has 0 fully saturated rings. The molecule has 2 aromatic rings. The number of nitrogens with one attached hydrogen (secondary N) is 1. The van der Waals surface area contributed by atoms with E-state index in [1.54, 1.807) is 27.7 Å². The van der Waals surface area contributed by atoms with Gasteiger partial charge in [-0.25, -0.2) is 9.59 Å². The lowest BCUT2D eigenvalue weighted by Crippen LogP contribution is -2.51. The van der Waals surface area contributed by atoms with Gasteiger partial charge in [0.1, 0.15) is 18.3 Å². The van der Waals surface area contributed by atoms with Crippen molar-refractivity contribution in [2.75, 3.05) is 13.2 Å². The summed E-state index contributed by atoms with van der Waals surface area (Å²) in [6.07, 6.45) is -4.78. The third-order valence-corrected chi connectivity index (χ3v) is 5.99. The van der Waals surface area contributed by atoms with Crippen molar-refractivity contribution in [1.82, 2.24) is 5.32 Å². The van der Waals surface area contributed by atoms with E-state index < -0.39 is 41.9 Å². The van der Waals surface area contributed by atoms with Gasteiger partial charge in [0.25, 0.3) is 0 Å².